The van der Waals surface area contributed by atoms with Crippen LogP contribution in [0.25, 0.3) is 5.82 Å². The van der Waals surface area contributed by atoms with E-state index in [1.165, 1.54) is 4.31 Å². The van der Waals surface area contributed by atoms with Crippen molar-refractivity contribution in [3.63, 3.8) is 0 Å². The lowest BCUT2D eigenvalue weighted by molar-refractivity contribution is 0.383. The number of anilines is 1. The lowest BCUT2D eigenvalue weighted by atomic mass is 10.2. The van der Waals surface area contributed by atoms with Crippen molar-refractivity contribution in [2.75, 3.05) is 31.1 Å². The molecule has 146 valence electrons. The molecule has 0 amide bonds. The van der Waals surface area contributed by atoms with Crippen LogP contribution in [-0.2, 0) is 10.0 Å². The van der Waals surface area contributed by atoms with Crippen molar-refractivity contribution in [3.8, 4) is 5.82 Å². The number of hydrogen-bond donors (Lipinski definition) is 0. The van der Waals surface area contributed by atoms with Crippen LogP contribution >= 0.6 is 0 Å². The Bertz CT molecular complexity index is 1050. The third-order valence-electron chi connectivity index (χ3n) is 4.93. The minimum atomic E-state index is -3.47. The fourth-order valence-electron chi connectivity index (χ4n) is 3.25. The minimum absolute atomic E-state index is 0.339. The molecule has 0 saturated carbocycles. The van der Waals surface area contributed by atoms with Crippen molar-refractivity contribution in [2.45, 2.75) is 18.7 Å². The monoisotopic (exact) mass is 398 g/mol. The molecule has 4 rings (SSSR count). The van der Waals surface area contributed by atoms with E-state index in [1.807, 2.05) is 48.9 Å². The molecular formula is C19H22N6O2S. The first-order valence-electron chi connectivity index (χ1n) is 9.11. The summed E-state index contributed by atoms with van der Waals surface area (Å²) < 4.78 is 29.0. The van der Waals surface area contributed by atoms with Gasteiger partial charge in [-0.25, -0.2) is 13.4 Å². The number of sulfonamides is 1. The number of nitrogens with zero attached hydrogens (tertiary/aromatic N) is 6. The van der Waals surface area contributed by atoms with E-state index >= 15 is 0 Å². The summed E-state index contributed by atoms with van der Waals surface area (Å²) in [6.45, 7) is 5.83. The van der Waals surface area contributed by atoms with Gasteiger partial charge in [0.1, 0.15) is 5.82 Å². The first-order valence-corrected chi connectivity index (χ1v) is 10.5. The van der Waals surface area contributed by atoms with E-state index in [1.54, 1.807) is 18.3 Å². The second-order valence-corrected chi connectivity index (χ2v) is 8.74. The smallest absolute Gasteiger partial charge is 0.243 e. The number of aryl methyl sites for hydroxylation is 2. The van der Waals surface area contributed by atoms with Crippen molar-refractivity contribution in [2.24, 2.45) is 0 Å². The largest absolute Gasteiger partial charge is 0.352 e. The summed E-state index contributed by atoms with van der Waals surface area (Å²) >= 11 is 0. The zero-order chi connectivity index (χ0) is 19.7. The molecule has 0 atom stereocenters. The summed E-state index contributed by atoms with van der Waals surface area (Å²) in [5, 5.41) is 8.59. The Balaban J connectivity index is 1.44. The van der Waals surface area contributed by atoms with Gasteiger partial charge in [0.15, 0.2) is 11.6 Å². The number of aromatic nitrogens is 4. The maximum atomic E-state index is 12.8. The van der Waals surface area contributed by atoms with Gasteiger partial charge in [-0.3, -0.25) is 4.57 Å². The van der Waals surface area contributed by atoms with Crippen molar-refractivity contribution in [1.29, 1.82) is 0 Å². The highest BCUT2D eigenvalue weighted by atomic mass is 32.2. The molecule has 1 fully saturated rings. The molecule has 1 aromatic carbocycles. The molecule has 1 aliphatic heterocycles. The summed E-state index contributed by atoms with van der Waals surface area (Å²) in [4.78, 5) is 6.58. The Morgan fingerprint density at radius 3 is 2.07 bits per heavy atom. The van der Waals surface area contributed by atoms with Crippen LogP contribution in [0.2, 0.25) is 0 Å². The molecule has 0 bridgehead atoms. The van der Waals surface area contributed by atoms with Crippen LogP contribution in [0, 0.1) is 13.8 Å². The molecule has 0 unspecified atom stereocenters. The van der Waals surface area contributed by atoms with Crippen LogP contribution in [-0.4, -0.2) is 58.7 Å². The average molecular weight is 398 g/mol. The van der Waals surface area contributed by atoms with Crippen molar-refractivity contribution in [3.05, 3.63) is 60.2 Å². The fraction of sp³-hybridized carbons (Fsp3) is 0.316. The van der Waals surface area contributed by atoms with Gasteiger partial charge in [-0.15, -0.1) is 10.2 Å². The molecule has 0 radical (unpaired) electrons. The first-order chi connectivity index (χ1) is 13.4. The van der Waals surface area contributed by atoms with Gasteiger partial charge < -0.3 is 4.90 Å². The molecule has 0 N–H and O–H groups in total. The summed E-state index contributed by atoms with van der Waals surface area (Å²) in [5.41, 5.74) is 1.04. The zero-order valence-corrected chi connectivity index (χ0v) is 16.7. The SMILES string of the molecule is Cc1ccc(S(=O)(=O)N2CCN(c3ccc(-n4ccnc4C)nn3)CC2)cc1. The van der Waals surface area contributed by atoms with E-state index < -0.39 is 10.0 Å². The molecule has 3 aromatic rings. The predicted octanol–water partition coefficient (Wildman–Crippen LogP) is 1.79. The highest BCUT2D eigenvalue weighted by molar-refractivity contribution is 7.89. The summed E-state index contributed by atoms with van der Waals surface area (Å²) in [6.07, 6.45) is 3.56. The third-order valence-corrected chi connectivity index (χ3v) is 6.84. The summed E-state index contributed by atoms with van der Waals surface area (Å²) in [7, 11) is -3.47. The lowest BCUT2D eigenvalue weighted by Gasteiger charge is -2.34. The summed E-state index contributed by atoms with van der Waals surface area (Å²) in [6, 6.07) is 10.8. The molecule has 9 heteroatoms. The summed E-state index contributed by atoms with van der Waals surface area (Å²) in [5.74, 6) is 2.30. The maximum Gasteiger partial charge on any atom is 0.243 e. The number of imidazole rings is 1. The van der Waals surface area contributed by atoms with E-state index in [9.17, 15) is 8.42 Å². The van der Waals surface area contributed by atoms with Crippen LogP contribution in [0.4, 0.5) is 5.82 Å². The maximum absolute atomic E-state index is 12.8. The molecule has 1 aliphatic rings. The van der Waals surface area contributed by atoms with Crippen LogP contribution in [0.1, 0.15) is 11.4 Å². The lowest BCUT2D eigenvalue weighted by Crippen LogP contribution is -2.49. The molecule has 1 saturated heterocycles. The minimum Gasteiger partial charge on any atom is -0.352 e. The molecule has 0 aliphatic carbocycles. The quantitative estimate of drug-likeness (QED) is 0.666. The van der Waals surface area contributed by atoms with Gasteiger partial charge >= 0.3 is 0 Å². The molecule has 0 spiro atoms. The van der Waals surface area contributed by atoms with Crippen LogP contribution < -0.4 is 4.90 Å². The van der Waals surface area contributed by atoms with Crippen LogP contribution in [0.3, 0.4) is 0 Å². The van der Waals surface area contributed by atoms with E-state index in [2.05, 4.69) is 20.1 Å². The van der Waals surface area contributed by atoms with Gasteiger partial charge in [-0.2, -0.15) is 4.31 Å². The standard InChI is InChI=1S/C19H22N6O2S/c1-15-3-5-17(6-4-15)28(26,27)24-13-11-23(12-14-24)18-7-8-19(22-21-18)25-10-9-20-16(25)2/h3-10H,11-14H2,1-2H3. The molecule has 8 nitrogen and oxygen atoms in total. The molecule has 2 aromatic heterocycles. The van der Waals surface area contributed by atoms with E-state index in [0.717, 1.165) is 17.2 Å². The van der Waals surface area contributed by atoms with Gasteiger partial charge in [0.25, 0.3) is 0 Å². The second kappa shape index (κ2) is 7.33. The van der Waals surface area contributed by atoms with Crippen LogP contribution in [0.5, 0.6) is 0 Å². The highest BCUT2D eigenvalue weighted by Gasteiger charge is 2.29. The number of benzene rings is 1. The zero-order valence-electron chi connectivity index (χ0n) is 15.9. The Labute approximate surface area is 164 Å². The van der Waals surface area contributed by atoms with E-state index in [4.69, 9.17) is 0 Å². The van der Waals surface area contributed by atoms with E-state index in [0.29, 0.717) is 36.9 Å². The molecular weight excluding hydrogens is 376 g/mol. The van der Waals surface area contributed by atoms with Gasteiger partial charge in [0.05, 0.1) is 4.90 Å². The molecule has 28 heavy (non-hydrogen) atoms. The molecule has 3 heterocycles. The van der Waals surface area contributed by atoms with Crippen molar-refractivity contribution < 1.29 is 8.42 Å². The Hall–Kier alpha value is -2.78. The Morgan fingerprint density at radius 1 is 0.857 bits per heavy atom. The third kappa shape index (κ3) is 3.50. The van der Waals surface area contributed by atoms with E-state index in [-0.39, 0.29) is 0 Å². The highest BCUT2D eigenvalue weighted by Crippen LogP contribution is 2.20. The van der Waals surface area contributed by atoms with Gasteiger partial charge in [0.2, 0.25) is 10.0 Å². The number of hydrogen-bond acceptors (Lipinski definition) is 6. The topological polar surface area (TPSA) is 84.2 Å². The average Bonchev–Trinajstić information content (AvgIpc) is 3.14. The Morgan fingerprint density at radius 2 is 1.50 bits per heavy atom. The van der Waals surface area contributed by atoms with Crippen molar-refractivity contribution >= 4 is 15.8 Å². The predicted molar refractivity (Wildman–Crippen MR) is 106 cm³/mol. The number of piperazine rings is 1. The number of rotatable bonds is 4. The van der Waals surface area contributed by atoms with Gasteiger partial charge in [-0.05, 0) is 38.1 Å². The van der Waals surface area contributed by atoms with Gasteiger partial charge in [0, 0.05) is 38.6 Å². The van der Waals surface area contributed by atoms with Crippen molar-refractivity contribution in [1.82, 2.24) is 24.1 Å². The normalized spacial score (nSPS) is 15.7. The first kappa shape index (κ1) is 18.6. The second-order valence-electron chi connectivity index (χ2n) is 6.80. The Kier molecular flexibility index (Phi) is 4.86. The fourth-order valence-corrected chi connectivity index (χ4v) is 4.67. The van der Waals surface area contributed by atoms with Gasteiger partial charge in [-0.1, -0.05) is 17.7 Å². The van der Waals surface area contributed by atoms with Crippen LogP contribution in [0.15, 0.2) is 53.7 Å².